The van der Waals surface area contributed by atoms with Gasteiger partial charge in [0.1, 0.15) is 22.9 Å². The van der Waals surface area contributed by atoms with E-state index in [1.807, 2.05) is 66.2 Å². The van der Waals surface area contributed by atoms with E-state index in [1.165, 1.54) is 11.3 Å². The Balaban J connectivity index is 1.67. The predicted octanol–water partition coefficient (Wildman–Crippen LogP) is 4.67. The number of imidazole rings is 1. The molecule has 2 heterocycles. The minimum atomic E-state index is 0.568. The Kier molecular flexibility index (Phi) is 3.40. The van der Waals surface area contributed by atoms with Gasteiger partial charge in [-0.25, -0.2) is 4.98 Å². The van der Waals surface area contributed by atoms with E-state index in [9.17, 15) is 4.79 Å². The van der Waals surface area contributed by atoms with Gasteiger partial charge in [0.2, 0.25) is 0 Å². The molecule has 4 nitrogen and oxygen atoms in total. The minimum absolute atomic E-state index is 0.568. The van der Waals surface area contributed by atoms with E-state index < -0.39 is 0 Å². The number of hydrogen-bond acceptors (Lipinski definition) is 4. The van der Waals surface area contributed by atoms with Crippen LogP contribution in [-0.2, 0) is 0 Å². The molecule has 0 bridgehead atoms. The number of carbonyl (C=O) groups is 1. The number of benzene rings is 2. The number of aromatic nitrogens is 2. The van der Waals surface area contributed by atoms with Gasteiger partial charge in [-0.05, 0) is 36.4 Å². The third-order valence-electron chi connectivity index (χ3n) is 3.52. The van der Waals surface area contributed by atoms with Crippen molar-refractivity contribution < 1.29 is 9.53 Å². The van der Waals surface area contributed by atoms with Crippen molar-refractivity contribution in [2.75, 3.05) is 0 Å². The van der Waals surface area contributed by atoms with Crippen LogP contribution in [0, 0.1) is 0 Å². The highest BCUT2D eigenvalue weighted by Crippen LogP contribution is 2.28. The Labute approximate surface area is 136 Å². The first kappa shape index (κ1) is 13.7. The SMILES string of the molecule is O=Cc1c(-c2ccc(Oc3ccccc3)cc2)nc2sccn12. The lowest BCUT2D eigenvalue weighted by molar-refractivity contribution is 0.111. The quantitative estimate of drug-likeness (QED) is 0.513. The van der Waals surface area contributed by atoms with E-state index >= 15 is 0 Å². The number of thiazole rings is 1. The summed E-state index contributed by atoms with van der Waals surface area (Å²) in [5.41, 5.74) is 2.15. The summed E-state index contributed by atoms with van der Waals surface area (Å²) in [6.45, 7) is 0. The monoisotopic (exact) mass is 320 g/mol. The van der Waals surface area contributed by atoms with Crippen molar-refractivity contribution in [3.05, 3.63) is 71.9 Å². The predicted molar refractivity (Wildman–Crippen MR) is 90.4 cm³/mol. The zero-order valence-electron chi connectivity index (χ0n) is 12.0. The second-order valence-corrected chi connectivity index (χ2v) is 5.83. The molecule has 112 valence electrons. The molecule has 5 heteroatoms. The second kappa shape index (κ2) is 5.70. The first-order valence-corrected chi connectivity index (χ1v) is 7.97. The van der Waals surface area contributed by atoms with Crippen molar-refractivity contribution in [2.45, 2.75) is 0 Å². The molecule has 0 aliphatic heterocycles. The normalized spacial score (nSPS) is 10.8. The summed E-state index contributed by atoms with van der Waals surface area (Å²) in [5.74, 6) is 1.53. The fraction of sp³-hybridized carbons (Fsp3) is 0. The fourth-order valence-corrected chi connectivity index (χ4v) is 3.15. The Morgan fingerprint density at radius 2 is 1.74 bits per heavy atom. The van der Waals surface area contributed by atoms with E-state index in [0.29, 0.717) is 11.4 Å². The van der Waals surface area contributed by atoms with Gasteiger partial charge in [0.15, 0.2) is 11.2 Å². The number of aldehydes is 1. The topological polar surface area (TPSA) is 43.6 Å². The first-order chi connectivity index (χ1) is 11.3. The lowest BCUT2D eigenvalue weighted by atomic mass is 10.1. The standard InChI is InChI=1S/C18H12N2O2S/c21-12-16-17(19-18-20(16)10-11-23-18)13-6-8-15(9-7-13)22-14-4-2-1-3-5-14/h1-12H. The Bertz CT molecular complexity index is 956. The molecular weight excluding hydrogens is 308 g/mol. The van der Waals surface area contributed by atoms with Crippen LogP contribution in [0.3, 0.4) is 0 Å². The molecule has 2 aromatic heterocycles. The van der Waals surface area contributed by atoms with Crippen LogP contribution in [0.4, 0.5) is 0 Å². The molecule has 0 saturated carbocycles. The maximum absolute atomic E-state index is 11.4. The highest BCUT2D eigenvalue weighted by atomic mass is 32.1. The zero-order chi connectivity index (χ0) is 15.6. The van der Waals surface area contributed by atoms with Crippen molar-refractivity contribution in [3.63, 3.8) is 0 Å². The third-order valence-corrected chi connectivity index (χ3v) is 4.27. The van der Waals surface area contributed by atoms with E-state index in [2.05, 4.69) is 4.98 Å². The van der Waals surface area contributed by atoms with Crippen molar-refractivity contribution in [1.29, 1.82) is 0 Å². The molecule has 4 aromatic rings. The van der Waals surface area contributed by atoms with E-state index in [4.69, 9.17) is 4.74 Å². The van der Waals surface area contributed by atoms with E-state index in [0.717, 1.165) is 28.3 Å². The van der Waals surface area contributed by atoms with E-state index in [-0.39, 0.29) is 0 Å². The van der Waals surface area contributed by atoms with Crippen molar-refractivity contribution in [3.8, 4) is 22.8 Å². The number of nitrogens with zero attached hydrogens (tertiary/aromatic N) is 2. The number of ether oxygens (including phenoxy) is 1. The van der Waals surface area contributed by atoms with Crippen LogP contribution in [0.2, 0.25) is 0 Å². The number of para-hydroxylation sites is 1. The highest BCUT2D eigenvalue weighted by molar-refractivity contribution is 7.15. The van der Waals surface area contributed by atoms with Crippen molar-refractivity contribution in [1.82, 2.24) is 9.38 Å². The summed E-state index contributed by atoms with van der Waals surface area (Å²) in [7, 11) is 0. The lowest BCUT2D eigenvalue weighted by Gasteiger charge is -2.06. The van der Waals surface area contributed by atoms with Gasteiger partial charge >= 0.3 is 0 Å². The molecule has 0 saturated heterocycles. The minimum Gasteiger partial charge on any atom is -0.457 e. The van der Waals surface area contributed by atoms with Crippen LogP contribution in [0.25, 0.3) is 16.2 Å². The molecule has 0 aliphatic rings. The van der Waals surface area contributed by atoms with Gasteiger partial charge in [0.05, 0.1) is 0 Å². The third kappa shape index (κ3) is 2.51. The fourth-order valence-electron chi connectivity index (χ4n) is 2.43. The molecule has 0 aliphatic carbocycles. The Morgan fingerprint density at radius 3 is 2.48 bits per heavy atom. The number of hydrogen-bond donors (Lipinski definition) is 0. The van der Waals surface area contributed by atoms with Gasteiger partial charge in [-0.3, -0.25) is 9.20 Å². The summed E-state index contributed by atoms with van der Waals surface area (Å²) in [6.07, 6.45) is 2.70. The van der Waals surface area contributed by atoms with Crippen LogP contribution in [0.5, 0.6) is 11.5 Å². The van der Waals surface area contributed by atoms with Gasteiger partial charge < -0.3 is 4.74 Å². The lowest BCUT2D eigenvalue weighted by Crippen LogP contribution is -1.90. The molecule has 2 aromatic carbocycles. The summed E-state index contributed by atoms with van der Waals surface area (Å²) < 4.78 is 7.58. The molecule has 4 rings (SSSR count). The van der Waals surface area contributed by atoms with Gasteiger partial charge in [0, 0.05) is 17.1 Å². The average Bonchev–Trinajstić information content (AvgIpc) is 3.17. The summed E-state index contributed by atoms with van der Waals surface area (Å²) in [4.78, 5) is 16.7. The van der Waals surface area contributed by atoms with Gasteiger partial charge in [-0.1, -0.05) is 18.2 Å². The van der Waals surface area contributed by atoms with Crippen LogP contribution >= 0.6 is 11.3 Å². The number of carbonyl (C=O) groups excluding carboxylic acids is 1. The molecule has 0 spiro atoms. The largest absolute Gasteiger partial charge is 0.457 e. The molecule has 0 radical (unpaired) electrons. The summed E-state index contributed by atoms with van der Waals surface area (Å²) >= 11 is 1.51. The van der Waals surface area contributed by atoms with Crippen LogP contribution in [0.1, 0.15) is 10.5 Å². The van der Waals surface area contributed by atoms with Crippen LogP contribution in [0.15, 0.2) is 66.2 Å². The van der Waals surface area contributed by atoms with Gasteiger partial charge in [-0.2, -0.15) is 0 Å². The maximum Gasteiger partial charge on any atom is 0.194 e. The molecule has 0 atom stereocenters. The summed E-state index contributed by atoms with van der Waals surface area (Å²) in [5, 5.41) is 1.91. The highest BCUT2D eigenvalue weighted by Gasteiger charge is 2.14. The number of fused-ring (bicyclic) bond motifs is 1. The Morgan fingerprint density at radius 1 is 1.00 bits per heavy atom. The molecule has 0 amide bonds. The molecule has 0 N–H and O–H groups in total. The van der Waals surface area contributed by atoms with Gasteiger partial charge in [0.25, 0.3) is 0 Å². The second-order valence-electron chi connectivity index (χ2n) is 4.96. The van der Waals surface area contributed by atoms with Crippen molar-refractivity contribution >= 4 is 22.6 Å². The summed E-state index contributed by atoms with van der Waals surface area (Å²) in [6, 6.07) is 17.2. The zero-order valence-corrected chi connectivity index (χ0v) is 12.9. The van der Waals surface area contributed by atoms with Crippen molar-refractivity contribution in [2.24, 2.45) is 0 Å². The van der Waals surface area contributed by atoms with Crippen LogP contribution in [-0.4, -0.2) is 15.7 Å². The number of rotatable bonds is 4. The van der Waals surface area contributed by atoms with Crippen LogP contribution < -0.4 is 4.74 Å². The molecule has 0 fully saturated rings. The van der Waals surface area contributed by atoms with Gasteiger partial charge in [-0.15, -0.1) is 11.3 Å². The smallest absolute Gasteiger partial charge is 0.194 e. The van der Waals surface area contributed by atoms with E-state index in [1.54, 1.807) is 4.40 Å². The average molecular weight is 320 g/mol. The maximum atomic E-state index is 11.4. The Hall–Kier alpha value is -2.92. The molecule has 0 unspecified atom stereocenters. The molecule has 23 heavy (non-hydrogen) atoms. The molecular formula is C18H12N2O2S. The first-order valence-electron chi connectivity index (χ1n) is 7.09.